The maximum atomic E-state index is 12.2. The summed E-state index contributed by atoms with van der Waals surface area (Å²) in [5.41, 5.74) is 0.830. The molecule has 0 atom stereocenters. The molecule has 0 spiro atoms. The first-order valence-corrected chi connectivity index (χ1v) is 8.93. The Morgan fingerprint density at radius 3 is 1.70 bits per heavy atom. The molecule has 5 nitrogen and oxygen atoms in total. The van der Waals surface area contributed by atoms with Crippen LogP contribution in [0.15, 0.2) is 60.7 Å². The van der Waals surface area contributed by atoms with Crippen LogP contribution < -0.4 is 0 Å². The molecular weight excluding hydrogens is 342 g/mol. The fraction of sp³-hybridized carbons (Fsp3) is 0.364. The fourth-order valence-electron chi connectivity index (χ4n) is 2.70. The van der Waals surface area contributed by atoms with Gasteiger partial charge in [0.15, 0.2) is 5.41 Å². The van der Waals surface area contributed by atoms with Gasteiger partial charge in [-0.15, -0.1) is 0 Å². The maximum Gasteiger partial charge on any atom is 0.326 e. The molecule has 0 fully saturated rings. The highest BCUT2D eigenvalue weighted by Crippen LogP contribution is 2.28. The summed E-state index contributed by atoms with van der Waals surface area (Å²) in [6.45, 7) is 1.45. The van der Waals surface area contributed by atoms with Crippen molar-refractivity contribution in [3.05, 3.63) is 71.8 Å². The Labute approximate surface area is 160 Å². The summed E-state index contributed by atoms with van der Waals surface area (Å²) in [5, 5.41) is 9.65. The van der Waals surface area contributed by atoms with Gasteiger partial charge >= 0.3 is 5.97 Å². The van der Waals surface area contributed by atoms with Crippen LogP contribution >= 0.6 is 0 Å². The average Bonchev–Trinajstić information content (AvgIpc) is 2.73. The molecule has 0 unspecified atom stereocenters. The number of carbonyl (C=O) groups excluding carboxylic acids is 1. The van der Waals surface area contributed by atoms with Crippen LogP contribution in [0.2, 0.25) is 0 Å². The summed E-state index contributed by atoms with van der Waals surface area (Å²) >= 11 is 0. The Balaban J connectivity index is 1.83. The molecule has 0 aliphatic heterocycles. The molecular formula is C22H25NO4. The Hall–Kier alpha value is -2.68. The molecule has 0 saturated carbocycles. The van der Waals surface area contributed by atoms with Crippen LogP contribution in [0.25, 0.3) is 0 Å². The molecule has 0 radical (unpaired) electrons. The molecule has 0 N–H and O–H groups in total. The normalized spacial score (nSPS) is 11.0. The highest BCUT2D eigenvalue weighted by atomic mass is 16.5. The van der Waals surface area contributed by atoms with Crippen molar-refractivity contribution in [2.75, 3.05) is 20.3 Å². The number of methoxy groups -OCH3 is 1. The highest BCUT2D eigenvalue weighted by molar-refractivity contribution is 5.79. The first-order valence-electron chi connectivity index (χ1n) is 8.93. The number of carbonyl (C=O) groups is 1. The van der Waals surface area contributed by atoms with Crippen molar-refractivity contribution in [1.29, 1.82) is 5.26 Å². The second-order valence-corrected chi connectivity index (χ2v) is 6.26. The van der Waals surface area contributed by atoms with Gasteiger partial charge in [0.05, 0.1) is 26.4 Å². The summed E-state index contributed by atoms with van der Waals surface area (Å²) < 4.78 is 16.2. The molecule has 0 aliphatic rings. The summed E-state index contributed by atoms with van der Waals surface area (Å²) in [6.07, 6.45) is 0.523. The Morgan fingerprint density at radius 2 is 1.33 bits per heavy atom. The predicted octanol–water partition coefficient (Wildman–Crippen LogP) is 3.88. The highest BCUT2D eigenvalue weighted by Gasteiger charge is 2.39. The minimum atomic E-state index is -1.26. The van der Waals surface area contributed by atoms with E-state index < -0.39 is 11.4 Å². The third-order valence-electron chi connectivity index (χ3n) is 4.36. The average molecular weight is 367 g/mol. The van der Waals surface area contributed by atoms with Crippen LogP contribution in [-0.4, -0.2) is 26.3 Å². The van der Waals surface area contributed by atoms with Crippen molar-refractivity contribution in [1.82, 2.24) is 0 Å². The Kier molecular flexibility index (Phi) is 8.50. The van der Waals surface area contributed by atoms with Crippen LogP contribution in [0, 0.1) is 16.7 Å². The number of nitrogens with zero attached hydrogens (tertiary/aromatic N) is 1. The van der Waals surface area contributed by atoms with E-state index in [0.29, 0.717) is 13.2 Å². The predicted molar refractivity (Wildman–Crippen MR) is 101 cm³/mol. The van der Waals surface area contributed by atoms with Gasteiger partial charge in [0.2, 0.25) is 0 Å². The van der Waals surface area contributed by atoms with Gasteiger partial charge < -0.3 is 14.2 Å². The van der Waals surface area contributed by atoms with Gasteiger partial charge in [-0.1, -0.05) is 60.7 Å². The largest absolute Gasteiger partial charge is 0.468 e. The molecule has 27 heavy (non-hydrogen) atoms. The summed E-state index contributed by atoms with van der Waals surface area (Å²) in [6, 6.07) is 21.6. The van der Waals surface area contributed by atoms with Gasteiger partial charge in [-0.2, -0.15) is 5.26 Å². The van der Waals surface area contributed by atoms with Crippen molar-refractivity contribution in [3.8, 4) is 6.07 Å². The van der Waals surface area contributed by atoms with E-state index in [1.54, 1.807) is 0 Å². The van der Waals surface area contributed by atoms with Gasteiger partial charge in [-0.3, -0.25) is 4.79 Å². The maximum absolute atomic E-state index is 12.2. The zero-order valence-corrected chi connectivity index (χ0v) is 15.6. The van der Waals surface area contributed by atoms with Crippen molar-refractivity contribution in [2.24, 2.45) is 5.41 Å². The SMILES string of the molecule is COC(=O)C(C#N)(CCOCc1ccccc1)CCOCc1ccccc1. The minimum Gasteiger partial charge on any atom is -0.468 e. The molecule has 142 valence electrons. The number of benzene rings is 2. The summed E-state index contributed by atoms with van der Waals surface area (Å²) in [4.78, 5) is 12.2. The summed E-state index contributed by atoms with van der Waals surface area (Å²) in [7, 11) is 1.30. The first kappa shape index (κ1) is 20.6. The Bertz CT molecular complexity index is 677. The molecule has 2 aromatic carbocycles. The Morgan fingerprint density at radius 1 is 0.889 bits per heavy atom. The van der Waals surface area contributed by atoms with Gasteiger partial charge in [-0.05, 0) is 11.1 Å². The van der Waals surface area contributed by atoms with E-state index in [1.165, 1.54) is 7.11 Å². The molecule has 0 aliphatic carbocycles. The smallest absolute Gasteiger partial charge is 0.326 e. The number of rotatable bonds is 11. The van der Waals surface area contributed by atoms with Gasteiger partial charge in [-0.25, -0.2) is 0 Å². The van der Waals surface area contributed by atoms with Crippen LogP contribution in [0.4, 0.5) is 0 Å². The molecule has 5 heteroatoms. The van der Waals surface area contributed by atoms with E-state index in [4.69, 9.17) is 14.2 Å². The van der Waals surface area contributed by atoms with Crippen LogP contribution in [0.5, 0.6) is 0 Å². The quantitative estimate of drug-likeness (QED) is 0.445. The zero-order valence-electron chi connectivity index (χ0n) is 15.6. The molecule has 0 heterocycles. The van der Waals surface area contributed by atoms with Crippen LogP contribution in [0.3, 0.4) is 0 Å². The second-order valence-electron chi connectivity index (χ2n) is 6.26. The van der Waals surface area contributed by atoms with E-state index in [-0.39, 0.29) is 26.1 Å². The third-order valence-corrected chi connectivity index (χ3v) is 4.36. The topological polar surface area (TPSA) is 68.6 Å². The number of hydrogen-bond acceptors (Lipinski definition) is 5. The van der Waals surface area contributed by atoms with E-state index >= 15 is 0 Å². The zero-order chi connectivity index (χ0) is 19.4. The number of hydrogen-bond donors (Lipinski definition) is 0. The lowest BCUT2D eigenvalue weighted by Gasteiger charge is -2.23. The molecule has 0 saturated heterocycles. The van der Waals surface area contributed by atoms with E-state index in [9.17, 15) is 10.1 Å². The van der Waals surface area contributed by atoms with E-state index in [2.05, 4.69) is 6.07 Å². The standard InChI is InChI=1S/C22H25NO4/c1-25-21(24)22(18-23,12-14-26-16-19-8-4-2-5-9-19)13-15-27-17-20-10-6-3-7-11-20/h2-11H,12-17H2,1H3. The minimum absolute atomic E-state index is 0.262. The lowest BCUT2D eigenvalue weighted by Crippen LogP contribution is -2.33. The lowest BCUT2D eigenvalue weighted by atomic mass is 9.83. The fourth-order valence-corrected chi connectivity index (χ4v) is 2.70. The van der Waals surface area contributed by atoms with Crippen LogP contribution in [0.1, 0.15) is 24.0 Å². The number of ether oxygens (including phenoxy) is 3. The molecule has 0 bridgehead atoms. The summed E-state index contributed by atoms with van der Waals surface area (Å²) in [5.74, 6) is -0.545. The van der Waals surface area contributed by atoms with Crippen molar-refractivity contribution in [2.45, 2.75) is 26.1 Å². The van der Waals surface area contributed by atoms with Crippen molar-refractivity contribution in [3.63, 3.8) is 0 Å². The van der Waals surface area contributed by atoms with Gasteiger partial charge in [0, 0.05) is 26.1 Å². The van der Waals surface area contributed by atoms with E-state index in [0.717, 1.165) is 11.1 Å². The third kappa shape index (κ3) is 6.52. The van der Waals surface area contributed by atoms with Crippen LogP contribution in [-0.2, 0) is 32.2 Å². The molecule has 2 rings (SSSR count). The van der Waals surface area contributed by atoms with Crippen molar-refractivity contribution < 1.29 is 19.0 Å². The molecule has 0 aromatic heterocycles. The number of esters is 1. The number of nitriles is 1. The molecule has 2 aromatic rings. The van der Waals surface area contributed by atoms with Gasteiger partial charge in [0.25, 0.3) is 0 Å². The first-order chi connectivity index (χ1) is 13.2. The van der Waals surface area contributed by atoms with Crippen molar-refractivity contribution >= 4 is 5.97 Å². The van der Waals surface area contributed by atoms with E-state index in [1.807, 2.05) is 60.7 Å². The monoisotopic (exact) mass is 367 g/mol. The van der Waals surface area contributed by atoms with Gasteiger partial charge in [0.1, 0.15) is 0 Å². The lowest BCUT2D eigenvalue weighted by molar-refractivity contribution is -0.151. The second kappa shape index (κ2) is 11.1. The molecule has 0 amide bonds.